The zero-order valence-corrected chi connectivity index (χ0v) is 14.8. The Kier molecular flexibility index (Phi) is 6.75. The number of aromatic nitrogens is 1. The fraction of sp³-hybridized carbons (Fsp3) is 0. The minimum absolute atomic E-state index is 0.448. The van der Waals surface area contributed by atoms with Crippen molar-refractivity contribution in [3.8, 4) is 6.07 Å². The maximum atomic E-state index is 9.25. The van der Waals surface area contributed by atoms with Crippen LogP contribution in [-0.4, -0.2) is 16.9 Å². The first-order valence-electron chi connectivity index (χ1n) is 7.99. The minimum atomic E-state index is 0.448. The van der Waals surface area contributed by atoms with Gasteiger partial charge in [-0.05, 0) is 35.9 Å². The molecule has 0 aliphatic carbocycles. The van der Waals surface area contributed by atoms with E-state index in [0.717, 1.165) is 11.1 Å². The van der Waals surface area contributed by atoms with Gasteiger partial charge in [0.25, 0.3) is 0 Å². The quantitative estimate of drug-likeness (QED) is 0.284. The normalized spacial score (nSPS) is 12.8. The molecular formula is C22H18N4O. The highest BCUT2D eigenvalue weighted by Crippen LogP contribution is 2.28. The summed E-state index contributed by atoms with van der Waals surface area (Å²) in [5, 5.41) is 17.2. The van der Waals surface area contributed by atoms with Crippen molar-refractivity contribution in [1.82, 2.24) is 4.98 Å². The van der Waals surface area contributed by atoms with E-state index in [4.69, 9.17) is 4.42 Å². The van der Waals surface area contributed by atoms with E-state index in [0.29, 0.717) is 28.1 Å². The van der Waals surface area contributed by atoms with E-state index in [2.05, 4.69) is 47.6 Å². The zero-order chi connectivity index (χ0) is 19.6. The van der Waals surface area contributed by atoms with Crippen molar-refractivity contribution in [1.29, 1.82) is 5.26 Å². The summed E-state index contributed by atoms with van der Waals surface area (Å²) in [6.45, 7) is 14.7. The largest absolute Gasteiger partial charge is 0.452 e. The predicted molar refractivity (Wildman–Crippen MR) is 111 cm³/mol. The summed E-state index contributed by atoms with van der Waals surface area (Å²) in [4.78, 5) is 4.33. The molecule has 132 valence electrons. The Morgan fingerprint density at radius 1 is 1.19 bits per heavy atom. The summed E-state index contributed by atoms with van der Waals surface area (Å²) in [7, 11) is 0. The van der Waals surface area contributed by atoms with Gasteiger partial charge in [-0.2, -0.15) is 10.4 Å². The summed E-state index contributed by atoms with van der Waals surface area (Å²) >= 11 is 0. The number of allylic oxidation sites excluding steroid dienone is 8. The number of furan rings is 1. The Morgan fingerprint density at radius 2 is 2.00 bits per heavy atom. The fourth-order valence-corrected chi connectivity index (χ4v) is 2.28. The maximum Gasteiger partial charge on any atom is 0.161 e. The third-order valence-corrected chi connectivity index (χ3v) is 3.46. The van der Waals surface area contributed by atoms with Crippen LogP contribution in [0.1, 0.15) is 11.3 Å². The second-order valence-electron chi connectivity index (χ2n) is 5.15. The van der Waals surface area contributed by atoms with Gasteiger partial charge in [-0.15, -0.1) is 5.10 Å². The predicted octanol–water partition coefficient (Wildman–Crippen LogP) is 5.18. The lowest BCUT2D eigenvalue weighted by atomic mass is 10.0. The third kappa shape index (κ3) is 4.53. The van der Waals surface area contributed by atoms with Crippen LogP contribution in [0.2, 0.25) is 0 Å². The molecule has 5 heteroatoms. The van der Waals surface area contributed by atoms with E-state index in [9.17, 15) is 5.26 Å². The summed E-state index contributed by atoms with van der Waals surface area (Å²) in [5.74, 6) is 0.478. The molecule has 0 saturated carbocycles. The molecule has 0 aromatic carbocycles. The number of pyridine rings is 1. The van der Waals surface area contributed by atoms with Crippen LogP contribution < -0.4 is 0 Å². The lowest BCUT2D eigenvalue weighted by Crippen LogP contribution is -1.92. The molecule has 0 spiro atoms. The molecule has 2 aromatic heterocycles. The minimum Gasteiger partial charge on any atom is -0.452 e. The van der Waals surface area contributed by atoms with Crippen LogP contribution in [-0.2, 0) is 0 Å². The molecule has 0 radical (unpaired) electrons. The number of nitrogens with zero attached hydrogens (tertiary/aromatic N) is 4. The Labute approximate surface area is 158 Å². The first-order chi connectivity index (χ1) is 13.2. The molecule has 0 amide bonds. The van der Waals surface area contributed by atoms with Crippen LogP contribution in [0, 0.1) is 11.3 Å². The monoisotopic (exact) mass is 354 g/mol. The van der Waals surface area contributed by atoms with Gasteiger partial charge in [0.1, 0.15) is 11.2 Å². The smallest absolute Gasteiger partial charge is 0.161 e. The summed E-state index contributed by atoms with van der Waals surface area (Å²) in [6.07, 6.45) is 12.7. The van der Waals surface area contributed by atoms with Crippen molar-refractivity contribution >= 4 is 28.6 Å². The van der Waals surface area contributed by atoms with Gasteiger partial charge in [0.15, 0.2) is 11.3 Å². The van der Waals surface area contributed by atoms with E-state index >= 15 is 0 Å². The van der Waals surface area contributed by atoms with E-state index in [1.807, 2.05) is 0 Å². The highest BCUT2D eigenvalue weighted by molar-refractivity contribution is 6.08. The second kappa shape index (κ2) is 9.44. The zero-order valence-electron chi connectivity index (χ0n) is 14.8. The molecule has 0 fully saturated rings. The molecule has 0 unspecified atom stereocenters. The van der Waals surface area contributed by atoms with E-state index < -0.39 is 0 Å². The molecule has 0 N–H and O–H groups in total. The van der Waals surface area contributed by atoms with Gasteiger partial charge in [0, 0.05) is 24.0 Å². The van der Waals surface area contributed by atoms with Crippen molar-refractivity contribution in [3.63, 3.8) is 0 Å². The summed E-state index contributed by atoms with van der Waals surface area (Å²) in [5.41, 5.74) is 3.58. The van der Waals surface area contributed by atoms with Crippen LogP contribution in [0.4, 0.5) is 0 Å². The van der Waals surface area contributed by atoms with Crippen LogP contribution in [0.25, 0.3) is 16.7 Å². The van der Waals surface area contributed by atoms with Gasteiger partial charge in [0.2, 0.25) is 0 Å². The molecule has 0 saturated heterocycles. The van der Waals surface area contributed by atoms with Crippen LogP contribution in [0.3, 0.4) is 0 Å². The lowest BCUT2D eigenvalue weighted by Gasteiger charge is -2.03. The van der Waals surface area contributed by atoms with E-state index in [1.54, 1.807) is 48.7 Å². The van der Waals surface area contributed by atoms with Gasteiger partial charge >= 0.3 is 0 Å². The molecule has 2 heterocycles. The maximum absolute atomic E-state index is 9.25. The van der Waals surface area contributed by atoms with Crippen molar-refractivity contribution in [2.75, 3.05) is 0 Å². The number of rotatable bonds is 8. The van der Waals surface area contributed by atoms with Crippen molar-refractivity contribution in [2.24, 2.45) is 10.2 Å². The van der Waals surface area contributed by atoms with Gasteiger partial charge in [-0.1, -0.05) is 38.5 Å². The average Bonchev–Trinajstić information content (AvgIpc) is 3.12. The topological polar surface area (TPSA) is 74.5 Å². The first-order valence-corrected chi connectivity index (χ1v) is 7.99. The number of hydrogen-bond acceptors (Lipinski definition) is 5. The van der Waals surface area contributed by atoms with E-state index in [-0.39, 0.29) is 0 Å². The van der Waals surface area contributed by atoms with Gasteiger partial charge < -0.3 is 4.42 Å². The number of fused-ring (bicyclic) bond motifs is 1. The Balaban J connectivity index is 2.63. The fourth-order valence-electron chi connectivity index (χ4n) is 2.28. The SMILES string of the molecule is C=C/C=N\N=C(/C=C)c1cc2nccc(/C(C=C)=C/C(C#N)=C\C=C)c2o1. The number of hydrogen-bond donors (Lipinski definition) is 0. The molecule has 0 aliphatic heterocycles. The summed E-state index contributed by atoms with van der Waals surface area (Å²) < 4.78 is 5.97. The molecule has 0 atom stereocenters. The molecular weight excluding hydrogens is 336 g/mol. The van der Waals surface area contributed by atoms with Gasteiger partial charge in [-0.25, -0.2) is 0 Å². The summed E-state index contributed by atoms with van der Waals surface area (Å²) in [6, 6.07) is 5.67. The Morgan fingerprint density at radius 3 is 2.63 bits per heavy atom. The van der Waals surface area contributed by atoms with Crippen LogP contribution in [0.15, 0.2) is 101 Å². The van der Waals surface area contributed by atoms with Crippen molar-refractivity contribution in [3.05, 3.63) is 98.0 Å². The van der Waals surface area contributed by atoms with Crippen LogP contribution in [0.5, 0.6) is 0 Å². The van der Waals surface area contributed by atoms with E-state index in [1.165, 1.54) is 12.3 Å². The van der Waals surface area contributed by atoms with Crippen molar-refractivity contribution in [2.45, 2.75) is 0 Å². The van der Waals surface area contributed by atoms with Gasteiger partial charge in [-0.3, -0.25) is 4.98 Å². The second-order valence-corrected chi connectivity index (χ2v) is 5.15. The Hall–Kier alpha value is -4.04. The molecule has 2 aromatic rings. The van der Waals surface area contributed by atoms with Crippen molar-refractivity contribution < 1.29 is 4.42 Å². The third-order valence-electron chi connectivity index (χ3n) is 3.46. The number of nitriles is 1. The standard InChI is InChI=1S/C22H18N4O/c1-5-9-16(15-23)13-17(7-3)18-10-12-24-20-14-21(27-22(18)20)19(8-4)26-25-11-6-2/h5-14H,1-4H2/b16-9+,17-13+,25-11-,26-19+. The lowest BCUT2D eigenvalue weighted by molar-refractivity contribution is 0.604. The van der Waals surface area contributed by atoms with Gasteiger partial charge in [0.05, 0.1) is 11.6 Å². The molecule has 27 heavy (non-hydrogen) atoms. The highest BCUT2D eigenvalue weighted by atomic mass is 16.3. The average molecular weight is 354 g/mol. The first kappa shape index (κ1) is 19.3. The van der Waals surface area contributed by atoms with Crippen LogP contribution >= 0.6 is 0 Å². The molecule has 2 rings (SSSR count). The Bertz CT molecular complexity index is 1060. The molecule has 0 bridgehead atoms. The molecule has 5 nitrogen and oxygen atoms in total. The highest BCUT2D eigenvalue weighted by Gasteiger charge is 2.14. The molecule has 0 aliphatic rings.